The van der Waals surface area contributed by atoms with Crippen LogP contribution < -0.4 is 0 Å². The molecule has 0 aromatic rings. The molecular formula is C40H70O8S. The molecule has 8 nitrogen and oxygen atoms in total. The Bertz CT molecular complexity index is 1140. The van der Waals surface area contributed by atoms with E-state index in [0.717, 1.165) is 52.1 Å². The average molecular weight is 711 g/mol. The molecule has 0 aromatic heterocycles. The Balaban J connectivity index is 0.00000125. The number of ether oxygens (including phenoxy) is 3. The summed E-state index contributed by atoms with van der Waals surface area (Å²) in [5.41, 5.74) is -0.342. The second-order valence-electron chi connectivity index (χ2n) is 16.0. The summed E-state index contributed by atoms with van der Waals surface area (Å²) in [6, 6.07) is 0. The molecule has 0 aromatic carbocycles. The van der Waals surface area contributed by atoms with Crippen molar-refractivity contribution < 1.29 is 39.1 Å². The molecule has 6 aliphatic rings. The summed E-state index contributed by atoms with van der Waals surface area (Å²) < 4.78 is 19.1. The molecule has 12 atom stereocenters. The zero-order valence-corrected chi connectivity index (χ0v) is 32.2. The third kappa shape index (κ3) is 6.75. The van der Waals surface area contributed by atoms with Crippen molar-refractivity contribution in [2.75, 3.05) is 32.8 Å². The van der Waals surface area contributed by atoms with Crippen molar-refractivity contribution in [3.63, 3.8) is 0 Å². The number of rotatable bonds is 6. The highest BCUT2D eigenvalue weighted by Gasteiger charge is 2.87. The molecule has 3 N–H and O–H groups in total. The maximum absolute atomic E-state index is 11.9. The molecule has 6 unspecified atom stereocenters. The van der Waals surface area contributed by atoms with Crippen molar-refractivity contribution >= 4 is 22.3 Å². The number of carbonyl (C=O) groups is 2. The highest BCUT2D eigenvalue weighted by Crippen LogP contribution is 2.95. The van der Waals surface area contributed by atoms with Crippen molar-refractivity contribution in [1.29, 1.82) is 0 Å². The van der Waals surface area contributed by atoms with Gasteiger partial charge in [0.1, 0.15) is 12.9 Å². The van der Waals surface area contributed by atoms with E-state index in [-0.39, 0.29) is 43.7 Å². The fourth-order valence-electron chi connectivity index (χ4n) is 12.5. The molecule has 284 valence electrons. The SMILES string of the molecule is C.C#C.C#C.CC(=O)O[C@@H]([C@H]1CCC2C(CC3[C@]2(C)CC[C@@]24[C@H](C)C25CC[C@H](OCC=O)C(C)(C)C5CCS34C)O1)C(C)(C)O.CO.CO. The van der Waals surface area contributed by atoms with Gasteiger partial charge >= 0.3 is 5.97 Å². The van der Waals surface area contributed by atoms with E-state index in [2.05, 4.69) is 59.6 Å². The van der Waals surface area contributed by atoms with Gasteiger partial charge in [-0.3, -0.25) is 4.79 Å². The standard InChI is InChI=1S/C33H54O6S.2C2H2.2CH4O.CH4/c1-20-32-13-11-26(37-17-16-34)29(3,4)25(32)12-18-40(8)27-19-24-22(31(27,7)14-15-33(20,32)40)9-10-23(39-24)28(30(5,6)36)38-21(2)35;4*1-2;/h16,20,22-28,36H,9-15,17-19H2,1-8H3;2*1-2H;2*2H,1H3;1H4/t20-,22?,23-,24?,25?,26+,27?,28+,31-,32?,33-;;;;;/m1...../s1. The van der Waals surface area contributed by atoms with Crippen molar-refractivity contribution in [2.45, 2.75) is 147 Å². The number of aldehydes is 1. The van der Waals surface area contributed by atoms with Crippen molar-refractivity contribution in [1.82, 2.24) is 0 Å². The molecule has 3 aliphatic heterocycles. The number of aliphatic hydroxyl groups excluding tert-OH is 2. The van der Waals surface area contributed by atoms with Crippen molar-refractivity contribution in [2.24, 2.45) is 34.0 Å². The first kappa shape index (κ1) is 45.4. The van der Waals surface area contributed by atoms with Crippen LogP contribution in [0.2, 0.25) is 0 Å². The predicted octanol–water partition coefficient (Wildman–Crippen LogP) is 6.01. The molecule has 2 spiro atoms. The number of aliphatic hydroxyl groups is 3. The Kier molecular flexibility index (Phi) is 15.6. The van der Waals surface area contributed by atoms with Crippen LogP contribution in [0.25, 0.3) is 0 Å². The van der Waals surface area contributed by atoms with Crippen LogP contribution in [-0.4, -0.2) is 100 Å². The van der Waals surface area contributed by atoms with Gasteiger partial charge in [-0.2, -0.15) is 0 Å². The fraction of sp³-hybridized carbons (Fsp3) is 0.850. The fourth-order valence-corrected chi connectivity index (χ4v) is 19.3. The zero-order valence-electron chi connectivity index (χ0n) is 31.4. The van der Waals surface area contributed by atoms with Gasteiger partial charge in [0.2, 0.25) is 0 Å². The lowest BCUT2D eigenvalue weighted by Crippen LogP contribution is -2.57. The predicted molar refractivity (Wildman–Crippen MR) is 201 cm³/mol. The maximum Gasteiger partial charge on any atom is 0.303 e. The molecule has 6 rings (SSSR count). The molecule has 3 saturated carbocycles. The molecule has 0 amide bonds. The first-order valence-electron chi connectivity index (χ1n) is 17.5. The normalized spacial score (nSPS) is 43.5. The van der Waals surface area contributed by atoms with E-state index in [4.69, 9.17) is 24.4 Å². The Morgan fingerprint density at radius 3 is 2.14 bits per heavy atom. The highest BCUT2D eigenvalue weighted by atomic mass is 32.3. The van der Waals surface area contributed by atoms with Crippen LogP contribution in [0.1, 0.15) is 107 Å². The summed E-state index contributed by atoms with van der Waals surface area (Å²) in [6.07, 6.45) is 28.4. The molecule has 3 aliphatic carbocycles. The third-order valence-electron chi connectivity index (χ3n) is 14.0. The van der Waals surface area contributed by atoms with Gasteiger partial charge in [-0.25, -0.2) is 10.0 Å². The van der Waals surface area contributed by atoms with Gasteiger partial charge in [0.05, 0.1) is 23.9 Å². The maximum atomic E-state index is 11.9. The van der Waals surface area contributed by atoms with Crippen molar-refractivity contribution in [3.8, 4) is 25.7 Å². The number of hydrogen-bond acceptors (Lipinski definition) is 8. The summed E-state index contributed by atoms with van der Waals surface area (Å²) >= 11 is 0. The Labute approximate surface area is 300 Å². The zero-order chi connectivity index (χ0) is 37.1. The molecule has 6 fully saturated rings. The van der Waals surface area contributed by atoms with Crippen molar-refractivity contribution in [3.05, 3.63) is 0 Å². The summed E-state index contributed by atoms with van der Waals surface area (Å²) in [6.45, 7) is 15.1. The van der Waals surface area contributed by atoms with Gasteiger partial charge in [0.15, 0.2) is 6.10 Å². The number of terminal acetylenes is 2. The minimum Gasteiger partial charge on any atom is -0.457 e. The van der Waals surface area contributed by atoms with Gasteiger partial charge in [-0.05, 0) is 116 Å². The highest BCUT2D eigenvalue weighted by molar-refractivity contribution is 8.35. The van der Waals surface area contributed by atoms with E-state index in [0.29, 0.717) is 32.7 Å². The summed E-state index contributed by atoms with van der Waals surface area (Å²) in [4.78, 5) is 23.0. The van der Waals surface area contributed by atoms with Gasteiger partial charge in [-0.1, -0.05) is 35.1 Å². The van der Waals surface area contributed by atoms with Crippen LogP contribution >= 0.6 is 10.0 Å². The van der Waals surface area contributed by atoms with Gasteiger partial charge < -0.3 is 34.3 Å². The molecule has 3 saturated heterocycles. The number of carbonyl (C=O) groups excluding carboxylic acids is 2. The summed E-state index contributed by atoms with van der Waals surface area (Å²) in [5, 5.41) is 25.6. The molecular weight excluding hydrogens is 640 g/mol. The van der Waals surface area contributed by atoms with E-state index >= 15 is 0 Å². The lowest BCUT2D eigenvalue weighted by Gasteiger charge is -2.67. The first-order valence-corrected chi connectivity index (χ1v) is 19.8. The minimum absolute atomic E-state index is 0. The van der Waals surface area contributed by atoms with Gasteiger partial charge in [0, 0.05) is 25.9 Å². The van der Waals surface area contributed by atoms with Crippen LogP contribution in [0.15, 0.2) is 0 Å². The second-order valence-corrected chi connectivity index (χ2v) is 20.0. The quantitative estimate of drug-likeness (QED) is 0.174. The largest absolute Gasteiger partial charge is 0.457 e. The lowest BCUT2D eigenvalue weighted by molar-refractivity contribution is -0.200. The monoisotopic (exact) mass is 710 g/mol. The van der Waals surface area contributed by atoms with E-state index in [9.17, 15) is 14.7 Å². The minimum atomic E-state index is -1.14. The Hall–Kier alpha value is -1.59. The molecule has 0 bridgehead atoms. The topological polar surface area (TPSA) is 123 Å². The van der Waals surface area contributed by atoms with E-state index in [1.807, 2.05) is 0 Å². The van der Waals surface area contributed by atoms with Crippen LogP contribution in [0.4, 0.5) is 0 Å². The third-order valence-corrected chi connectivity index (χ3v) is 19.6. The summed E-state index contributed by atoms with van der Waals surface area (Å²) in [5.74, 6) is 2.94. The van der Waals surface area contributed by atoms with E-state index in [1.54, 1.807) is 13.8 Å². The van der Waals surface area contributed by atoms with Crippen LogP contribution in [0.5, 0.6) is 0 Å². The number of esters is 1. The number of hydrogen-bond donors (Lipinski definition) is 3. The second kappa shape index (κ2) is 16.8. The van der Waals surface area contributed by atoms with E-state index < -0.39 is 21.7 Å². The molecule has 9 heteroatoms. The smallest absolute Gasteiger partial charge is 0.303 e. The molecule has 0 radical (unpaired) electrons. The number of fused-ring (bicyclic) bond motifs is 4. The van der Waals surface area contributed by atoms with Crippen LogP contribution in [-0.2, 0) is 23.8 Å². The Morgan fingerprint density at radius 2 is 1.61 bits per heavy atom. The summed E-state index contributed by atoms with van der Waals surface area (Å²) in [7, 11) is 1.09. The van der Waals surface area contributed by atoms with Crippen LogP contribution in [0.3, 0.4) is 0 Å². The van der Waals surface area contributed by atoms with Crippen LogP contribution in [0, 0.1) is 59.7 Å². The first-order chi connectivity index (χ1) is 22.6. The van der Waals surface area contributed by atoms with Gasteiger partial charge in [-0.15, -0.1) is 25.7 Å². The molecule has 3 heterocycles. The Morgan fingerprint density at radius 1 is 1.02 bits per heavy atom. The molecule has 49 heavy (non-hydrogen) atoms. The average Bonchev–Trinajstić information content (AvgIpc) is 3.45. The lowest BCUT2D eigenvalue weighted by atomic mass is 9.57. The van der Waals surface area contributed by atoms with Gasteiger partial charge in [0.25, 0.3) is 0 Å². The van der Waals surface area contributed by atoms with E-state index in [1.165, 1.54) is 38.4 Å².